The molecule has 4 nitrogen and oxygen atoms in total. The maximum atomic E-state index is 14.1. The van der Waals surface area contributed by atoms with E-state index in [9.17, 15) is 8.78 Å². The van der Waals surface area contributed by atoms with Gasteiger partial charge in [0, 0.05) is 49.0 Å². The summed E-state index contributed by atoms with van der Waals surface area (Å²) < 4.78 is 28.8. The average Bonchev–Trinajstić information content (AvgIpc) is 2.74. The van der Waals surface area contributed by atoms with Gasteiger partial charge < -0.3 is 5.32 Å². The largest absolute Gasteiger partial charge is 0.309 e. The Labute approximate surface area is 141 Å². The van der Waals surface area contributed by atoms with Crippen molar-refractivity contribution in [3.05, 3.63) is 46.8 Å². The normalized spacial score (nSPS) is 18.1. The number of benzene rings is 1. The van der Waals surface area contributed by atoms with Crippen LogP contribution < -0.4 is 5.32 Å². The minimum absolute atomic E-state index is 0.0825. The molecule has 1 aliphatic heterocycles. The minimum Gasteiger partial charge on any atom is -0.309 e. The van der Waals surface area contributed by atoms with Gasteiger partial charge in [0.25, 0.3) is 0 Å². The summed E-state index contributed by atoms with van der Waals surface area (Å²) in [4.78, 5) is 2.39. The molecule has 0 bridgehead atoms. The van der Waals surface area contributed by atoms with Crippen LogP contribution >= 0.6 is 0 Å². The lowest BCUT2D eigenvalue weighted by atomic mass is 10.0. The minimum atomic E-state index is -0.601. The smallest absolute Gasteiger partial charge is 0.151 e. The van der Waals surface area contributed by atoms with Gasteiger partial charge in [-0.2, -0.15) is 5.10 Å². The summed E-state index contributed by atoms with van der Waals surface area (Å²) in [7, 11) is 0. The molecule has 2 heterocycles. The van der Waals surface area contributed by atoms with E-state index in [1.165, 1.54) is 12.1 Å². The molecule has 130 valence electrons. The number of aryl methyl sites for hydroxylation is 1. The molecule has 0 amide bonds. The van der Waals surface area contributed by atoms with E-state index < -0.39 is 11.6 Å². The van der Waals surface area contributed by atoms with Crippen molar-refractivity contribution >= 4 is 0 Å². The summed E-state index contributed by atoms with van der Waals surface area (Å²) in [6, 6.07) is 3.58. The van der Waals surface area contributed by atoms with E-state index >= 15 is 0 Å². The number of hydrogen-bond donors (Lipinski definition) is 1. The second kappa shape index (κ2) is 6.26. The van der Waals surface area contributed by atoms with Gasteiger partial charge in [0.1, 0.15) is 11.5 Å². The highest BCUT2D eigenvalue weighted by Gasteiger charge is 2.27. The van der Waals surface area contributed by atoms with E-state index in [1.54, 1.807) is 4.68 Å². The number of nitrogens with zero attached hydrogens (tertiary/aromatic N) is 3. The van der Waals surface area contributed by atoms with Crippen molar-refractivity contribution in [2.24, 2.45) is 0 Å². The summed E-state index contributed by atoms with van der Waals surface area (Å²) in [5, 5.41) is 7.98. The fourth-order valence-electron chi connectivity index (χ4n) is 3.40. The Hall–Kier alpha value is -1.79. The van der Waals surface area contributed by atoms with Crippen molar-refractivity contribution in [3.63, 3.8) is 0 Å². The summed E-state index contributed by atoms with van der Waals surface area (Å²) in [6.45, 7) is 11.9. The molecule has 0 aliphatic carbocycles. The first kappa shape index (κ1) is 17.0. The van der Waals surface area contributed by atoms with Gasteiger partial charge in [-0.25, -0.2) is 13.5 Å². The van der Waals surface area contributed by atoms with Crippen LogP contribution in [0.5, 0.6) is 0 Å². The Morgan fingerprint density at radius 1 is 1.25 bits per heavy atom. The molecule has 6 heteroatoms. The molecule has 1 aromatic heterocycles. The monoisotopic (exact) mass is 334 g/mol. The lowest BCUT2D eigenvalue weighted by molar-refractivity contribution is 0.148. The highest BCUT2D eigenvalue weighted by atomic mass is 19.1. The van der Waals surface area contributed by atoms with Crippen molar-refractivity contribution in [2.75, 3.05) is 19.6 Å². The van der Waals surface area contributed by atoms with Crippen molar-refractivity contribution in [3.8, 4) is 5.69 Å². The number of nitrogens with one attached hydrogen (secondary N) is 1. The van der Waals surface area contributed by atoms with Gasteiger partial charge in [-0.15, -0.1) is 0 Å². The van der Waals surface area contributed by atoms with Gasteiger partial charge in [0.15, 0.2) is 5.82 Å². The van der Waals surface area contributed by atoms with Gasteiger partial charge in [-0.05, 0) is 39.8 Å². The van der Waals surface area contributed by atoms with Crippen molar-refractivity contribution < 1.29 is 8.78 Å². The van der Waals surface area contributed by atoms with E-state index in [2.05, 4.69) is 29.2 Å². The molecule has 1 N–H and O–H groups in total. The standard InChI is InChI=1S/C18H24F2N4/c1-12-15(10-23-8-7-21-18(3,4)11-23)13(2)24(22-12)17-6-5-14(19)9-16(17)20/h5-6,9,21H,7-8,10-11H2,1-4H3. The van der Waals surface area contributed by atoms with Crippen LogP contribution in [0.3, 0.4) is 0 Å². The molecule has 1 saturated heterocycles. The quantitative estimate of drug-likeness (QED) is 0.937. The molecule has 0 atom stereocenters. The SMILES string of the molecule is Cc1nn(-c2ccc(F)cc2F)c(C)c1CN1CCNC(C)(C)C1. The molecule has 1 fully saturated rings. The zero-order chi connectivity index (χ0) is 17.5. The summed E-state index contributed by atoms with van der Waals surface area (Å²) >= 11 is 0. The molecule has 1 aliphatic rings. The Morgan fingerprint density at radius 2 is 2.00 bits per heavy atom. The van der Waals surface area contributed by atoms with E-state index in [1.807, 2.05) is 13.8 Å². The fraction of sp³-hybridized carbons (Fsp3) is 0.500. The Morgan fingerprint density at radius 3 is 2.67 bits per heavy atom. The van der Waals surface area contributed by atoms with E-state index in [0.29, 0.717) is 0 Å². The van der Waals surface area contributed by atoms with Crippen molar-refractivity contribution in [2.45, 2.75) is 39.8 Å². The zero-order valence-corrected chi connectivity index (χ0v) is 14.7. The summed E-state index contributed by atoms with van der Waals surface area (Å²) in [5.41, 5.74) is 3.25. The van der Waals surface area contributed by atoms with Crippen LogP contribution in [0.1, 0.15) is 30.8 Å². The highest BCUT2D eigenvalue weighted by molar-refractivity contribution is 5.38. The second-order valence-electron chi connectivity index (χ2n) is 7.18. The fourth-order valence-corrected chi connectivity index (χ4v) is 3.40. The molecule has 2 aromatic rings. The van der Waals surface area contributed by atoms with Crippen LogP contribution in [-0.2, 0) is 6.54 Å². The van der Waals surface area contributed by atoms with Crippen LogP contribution in [0, 0.1) is 25.5 Å². The second-order valence-corrected chi connectivity index (χ2v) is 7.18. The predicted molar refractivity (Wildman–Crippen MR) is 90.3 cm³/mol. The van der Waals surface area contributed by atoms with Crippen LogP contribution in [-0.4, -0.2) is 39.9 Å². The van der Waals surface area contributed by atoms with Crippen molar-refractivity contribution in [1.29, 1.82) is 0 Å². The van der Waals surface area contributed by atoms with Gasteiger partial charge in [-0.1, -0.05) is 0 Å². The molecule has 0 unspecified atom stereocenters. The topological polar surface area (TPSA) is 33.1 Å². The maximum Gasteiger partial charge on any atom is 0.151 e. The average molecular weight is 334 g/mol. The Bertz CT molecular complexity index is 752. The maximum absolute atomic E-state index is 14.1. The van der Waals surface area contributed by atoms with Crippen LogP contribution in [0.2, 0.25) is 0 Å². The lowest BCUT2D eigenvalue weighted by Gasteiger charge is -2.39. The van der Waals surface area contributed by atoms with Gasteiger partial charge in [0.2, 0.25) is 0 Å². The van der Waals surface area contributed by atoms with Crippen LogP contribution in [0.4, 0.5) is 8.78 Å². The highest BCUT2D eigenvalue weighted by Crippen LogP contribution is 2.23. The Balaban J connectivity index is 1.89. The first-order chi connectivity index (χ1) is 11.3. The van der Waals surface area contributed by atoms with Gasteiger partial charge in [-0.3, -0.25) is 4.90 Å². The van der Waals surface area contributed by atoms with E-state index in [-0.39, 0.29) is 11.2 Å². The predicted octanol–water partition coefficient (Wildman–Crippen LogP) is 2.95. The van der Waals surface area contributed by atoms with Crippen LogP contribution in [0.15, 0.2) is 18.2 Å². The molecule has 1 aromatic carbocycles. The molecule has 24 heavy (non-hydrogen) atoms. The van der Waals surface area contributed by atoms with Gasteiger partial charge in [0.05, 0.1) is 5.69 Å². The lowest BCUT2D eigenvalue weighted by Crippen LogP contribution is -2.56. The Kier molecular flexibility index (Phi) is 4.44. The van der Waals surface area contributed by atoms with Gasteiger partial charge >= 0.3 is 0 Å². The number of aromatic nitrogens is 2. The number of rotatable bonds is 3. The molecule has 0 radical (unpaired) electrons. The molecular weight excluding hydrogens is 310 g/mol. The summed E-state index contributed by atoms with van der Waals surface area (Å²) in [5.74, 6) is -1.18. The third-order valence-corrected chi connectivity index (χ3v) is 4.61. The molecule has 0 spiro atoms. The van der Waals surface area contributed by atoms with E-state index in [4.69, 9.17) is 0 Å². The molecular formula is C18H24F2N4. The van der Waals surface area contributed by atoms with Crippen molar-refractivity contribution in [1.82, 2.24) is 20.0 Å². The van der Waals surface area contributed by atoms with E-state index in [0.717, 1.165) is 49.2 Å². The molecule has 3 rings (SSSR count). The van der Waals surface area contributed by atoms with Crippen LogP contribution in [0.25, 0.3) is 5.69 Å². The summed E-state index contributed by atoms with van der Waals surface area (Å²) in [6.07, 6.45) is 0. The first-order valence-electron chi connectivity index (χ1n) is 8.25. The first-order valence-corrected chi connectivity index (χ1v) is 8.25. The molecule has 0 saturated carbocycles. The zero-order valence-electron chi connectivity index (χ0n) is 14.7. The number of halogens is 2. The third-order valence-electron chi connectivity index (χ3n) is 4.61. The third kappa shape index (κ3) is 3.35. The number of hydrogen-bond acceptors (Lipinski definition) is 3. The number of piperazine rings is 1.